The molecule has 0 spiro atoms. The summed E-state index contributed by atoms with van der Waals surface area (Å²) in [5, 5.41) is 8.67. The van der Waals surface area contributed by atoms with Crippen molar-refractivity contribution in [1.82, 2.24) is 0 Å². The van der Waals surface area contributed by atoms with Crippen molar-refractivity contribution in [3.8, 4) is 33.4 Å². The Bertz CT molecular complexity index is 3730. The Hall–Kier alpha value is -7.56. The summed E-state index contributed by atoms with van der Waals surface area (Å²) in [5.41, 5.74) is 16.0. The molecule has 0 N–H and O–H groups in total. The molecule has 13 rings (SSSR count). The van der Waals surface area contributed by atoms with Crippen molar-refractivity contribution in [2.24, 2.45) is 0 Å². The molecule has 1 aliphatic carbocycles. The number of hydrogen-bond acceptors (Lipinski definition) is 4. The third kappa shape index (κ3) is 4.69. The SMILES string of the molecule is C1=CCCC(c2ccc3oc4ccc(-c5cccc6c5oc5cc7oc8c(-c9ccc%10oc%11ccc(-c%12ccccc%12)cc%11c%10c9)cccc8c7cc56)cc4c3c2)=C1. The van der Waals surface area contributed by atoms with E-state index in [2.05, 4.69) is 164 Å². The quantitative estimate of drug-likeness (QED) is 0.180. The maximum atomic E-state index is 6.75. The van der Waals surface area contributed by atoms with Gasteiger partial charge < -0.3 is 17.7 Å². The molecule has 8 aromatic carbocycles. The van der Waals surface area contributed by atoms with Crippen molar-refractivity contribution < 1.29 is 17.7 Å². The Balaban J connectivity index is 0.924. The van der Waals surface area contributed by atoms with E-state index in [0.29, 0.717) is 0 Å². The Kier molecular flexibility index (Phi) is 6.53. The van der Waals surface area contributed by atoms with E-state index < -0.39 is 0 Å². The highest BCUT2D eigenvalue weighted by Crippen LogP contribution is 2.44. The first-order valence-corrected chi connectivity index (χ1v) is 19.9. The lowest BCUT2D eigenvalue weighted by molar-refractivity contribution is 0.657. The minimum absolute atomic E-state index is 0.795. The molecule has 0 saturated heterocycles. The molecule has 58 heavy (non-hydrogen) atoms. The molecule has 272 valence electrons. The Morgan fingerprint density at radius 3 is 1.38 bits per heavy atom. The van der Waals surface area contributed by atoms with Gasteiger partial charge in [-0.2, -0.15) is 0 Å². The van der Waals surface area contributed by atoms with Crippen molar-refractivity contribution in [1.29, 1.82) is 0 Å². The first-order valence-electron chi connectivity index (χ1n) is 19.9. The van der Waals surface area contributed by atoms with E-state index in [9.17, 15) is 0 Å². The molecule has 0 aliphatic heterocycles. The highest BCUT2D eigenvalue weighted by molar-refractivity contribution is 6.19. The standard InChI is InChI=1S/C54H32O4/c1-3-9-31(10-4-1)33-17-21-47-41(25-33)43-27-35(19-23-49(43)55-47)37-13-7-15-39-45-29-46-40-16-8-14-38(54(40)58-52(46)30-51(45)57-53(37)39)36-20-24-50-44(28-36)42-26-34(18-22-48(42)56-50)32-11-5-2-6-12-32/h1-5,7-11,13-30H,6,12H2. The fourth-order valence-electron chi connectivity index (χ4n) is 9.29. The fraction of sp³-hybridized carbons (Fsp3) is 0.0370. The van der Waals surface area contributed by atoms with Crippen LogP contribution in [0.1, 0.15) is 18.4 Å². The van der Waals surface area contributed by atoms with Crippen LogP contribution in [0.3, 0.4) is 0 Å². The molecule has 0 bridgehead atoms. The fourth-order valence-corrected chi connectivity index (χ4v) is 9.29. The molecular formula is C54H32O4. The van der Waals surface area contributed by atoms with E-state index in [-0.39, 0.29) is 0 Å². The summed E-state index contributed by atoms with van der Waals surface area (Å²) in [5.74, 6) is 0. The smallest absolute Gasteiger partial charge is 0.143 e. The molecule has 0 saturated carbocycles. The maximum Gasteiger partial charge on any atom is 0.143 e. The predicted octanol–water partition coefficient (Wildman–Crippen LogP) is 16.0. The lowest BCUT2D eigenvalue weighted by Crippen LogP contribution is -1.87. The zero-order chi connectivity index (χ0) is 37.9. The van der Waals surface area contributed by atoms with Crippen LogP contribution in [0, 0.1) is 0 Å². The van der Waals surface area contributed by atoms with E-state index in [0.717, 1.165) is 128 Å². The van der Waals surface area contributed by atoms with Crippen molar-refractivity contribution in [3.05, 3.63) is 175 Å². The third-order valence-electron chi connectivity index (χ3n) is 12.2. The van der Waals surface area contributed by atoms with Crippen LogP contribution in [0.5, 0.6) is 0 Å². The minimum atomic E-state index is 0.795. The van der Waals surface area contributed by atoms with Gasteiger partial charge in [0.15, 0.2) is 0 Å². The van der Waals surface area contributed by atoms with Gasteiger partial charge >= 0.3 is 0 Å². The van der Waals surface area contributed by atoms with Gasteiger partial charge in [-0.1, -0.05) is 109 Å². The van der Waals surface area contributed by atoms with Crippen molar-refractivity contribution in [2.75, 3.05) is 0 Å². The van der Waals surface area contributed by atoms with Gasteiger partial charge in [-0.05, 0) is 101 Å². The first kappa shape index (κ1) is 31.6. The molecule has 4 nitrogen and oxygen atoms in total. The molecule has 0 radical (unpaired) electrons. The third-order valence-corrected chi connectivity index (χ3v) is 12.2. The largest absolute Gasteiger partial charge is 0.456 e. The predicted molar refractivity (Wildman–Crippen MR) is 238 cm³/mol. The Labute approximate surface area is 331 Å². The summed E-state index contributed by atoms with van der Waals surface area (Å²) in [7, 11) is 0. The second kappa shape index (κ2) is 12.0. The zero-order valence-electron chi connectivity index (χ0n) is 31.2. The van der Waals surface area contributed by atoms with Crippen LogP contribution >= 0.6 is 0 Å². The summed E-state index contributed by atoms with van der Waals surface area (Å²) in [6.07, 6.45) is 8.73. The van der Waals surface area contributed by atoms with Crippen molar-refractivity contribution >= 4 is 93.3 Å². The monoisotopic (exact) mass is 744 g/mol. The van der Waals surface area contributed by atoms with Crippen LogP contribution in [0.15, 0.2) is 188 Å². The summed E-state index contributed by atoms with van der Waals surface area (Å²) >= 11 is 0. The molecule has 0 unspecified atom stereocenters. The van der Waals surface area contributed by atoms with Gasteiger partial charge in [-0.3, -0.25) is 0 Å². The molecule has 4 heteroatoms. The van der Waals surface area contributed by atoms with Gasteiger partial charge in [0.25, 0.3) is 0 Å². The molecule has 12 aromatic rings. The number of hydrogen-bond donors (Lipinski definition) is 0. The van der Waals surface area contributed by atoms with Crippen molar-refractivity contribution in [3.63, 3.8) is 0 Å². The van der Waals surface area contributed by atoms with Gasteiger partial charge in [0, 0.05) is 60.3 Å². The molecule has 0 atom stereocenters. The van der Waals surface area contributed by atoms with E-state index in [1.807, 2.05) is 6.07 Å². The van der Waals surface area contributed by atoms with Gasteiger partial charge in [0.05, 0.1) is 0 Å². The first-order chi connectivity index (χ1) is 28.7. The van der Waals surface area contributed by atoms with E-state index >= 15 is 0 Å². The summed E-state index contributed by atoms with van der Waals surface area (Å²) in [4.78, 5) is 0. The molecule has 4 aromatic heterocycles. The highest BCUT2D eigenvalue weighted by atomic mass is 16.3. The number of fused-ring (bicyclic) bond motifs is 12. The molecule has 4 heterocycles. The minimum Gasteiger partial charge on any atom is -0.456 e. The van der Waals surface area contributed by atoms with Crippen LogP contribution in [0.2, 0.25) is 0 Å². The van der Waals surface area contributed by atoms with Gasteiger partial charge in [0.1, 0.15) is 44.7 Å². The van der Waals surface area contributed by atoms with Crippen LogP contribution in [0.25, 0.3) is 127 Å². The summed E-state index contributed by atoms with van der Waals surface area (Å²) in [6, 6.07) is 53.5. The number of allylic oxidation sites excluding steroid dienone is 4. The number of rotatable bonds is 4. The maximum absolute atomic E-state index is 6.75. The lowest BCUT2D eigenvalue weighted by atomic mass is 9.95. The summed E-state index contributed by atoms with van der Waals surface area (Å²) < 4.78 is 26.1. The zero-order valence-corrected chi connectivity index (χ0v) is 31.2. The van der Waals surface area contributed by atoms with E-state index in [4.69, 9.17) is 17.7 Å². The Morgan fingerprint density at radius 2 is 0.828 bits per heavy atom. The van der Waals surface area contributed by atoms with Crippen LogP contribution < -0.4 is 0 Å². The van der Waals surface area contributed by atoms with Crippen LogP contribution in [0.4, 0.5) is 0 Å². The molecule has 1 aliphatic rings. The number of para-hydroxylation sites is 2. The normalized spacial score (nSPS) is 13.4. The van der Waals surface area contributed by atoms with E-state index in [1.54, 1.807) is 0 Å². The Morgan fingerprint density at radius 1 is 0.328 bits per heavy atom. The molecule has 0 fully saturated rings. The highest BCUT2D eigenvalue weighted by Gasteiger charge is 2.20. The van der Waals surface area contributed by atoms with E-state index in [1.165, 1.54) is 16.7 Å². The average Bonchev–Trinajstić information content (AvgIpc) is 4.05. The summed E-state index contributed by atoms with van der Waals surface area (Å²) in [6.45, 7) is 0. The average molecular weight is 745 g/mol. The molecule has 0 amide bonds. The van der Waals surface area contributed by atoms with Crippen LogP contribution in [-0.2, 0) is 0 Å². The van der Waals surface area contributed by atoms with Gasteiger partial charge in [-0.15, -0.1) is 0 Å². The second-order valence-corrected chi connectivity index (χ2v) is 15.5. The topological polar surface area (TPSA) is 52.6 Å². The lowest BCUT2D eigenvalue weighted by Gasteiger charge is -2.09. The second-order valence-electron chi connectivity index (χ2n) is 15.5. The van der Waals surface area contributed by atoms with Gasteiger partial charge in [-0.25, -0.2) is 0 Å². The van der Waals surface area contributed by atoms with Gasteiger partial charge in [0.2, 0.25) is 0 Å². The number of benzene rings is 8. The van der Waals surface area contributed by atoms with Crippen molar-refractivity contribution in [2.45, 2.75) is 12.8 Å². The van der Waals surface area contributed by atoms with Crippen LogP contribution in [-0.4, -0.2) is 0 Å². The number of furan rings is 4. The molecular weight excluding hydrogens is 713 g/mol.